The largest absolute Gasteiger partial charge is 0.476 e. The van der Waals surface area contributed by atoms with Gasteiger partial charge in [0, 0.05) is 11.8 Å². The van der Waals surface area contributed by atoms with Crippen LogP contribution in [-0.2, 0) is 0 Å². The highest BCUT2D eigenvalue weighted by Gasteiger charge is 2.03. The number of ether oxygens (including phenoxy) is 1. The van der Waals surface area contributed by atoms with Crippen molar-refractivity contribution < 1.29 is 9.13 Å². The number of nitrogens with zero attached hydrogens (tertiary/aromatic N) is 1. The molecule has 0 N–H and O–H groups in total. The van der Waals surface area contributed by atoms with Gasteiger partial charge < -0.3 is 4.74 Å². The van der Waals surface area contributed by atoms with Gasteiger partial charge in [-0.3, -0.25) is 0 Å². The van der Waals surface area contributed by atoms with Gasteiger partial charge in [-0.2, -0.15) is 0 Å². The Bertz CT molecular complexity index is 317. The highest BCUT2D eigenvalue weighted by molar-refractivity contribution is 5.32. The number of hydrogen-bond acceptors (Lipinski definition) is 2. The average Bonchev–Trinajstić information content (AvgIpc) is 2.09. The van der Waals surface area contributed by atoms with Crippen molar-refractivity contribution in [3.05, 3.63) is 23.6 Å². The number of hydrogen-bond donors (Lipinski definition) is 0. The molecule has 0 aliphatic carbocycles. The molecular formula is C9H8FNO. The topological polar surface area (TPSA) is 22.1 Å². The third-order valence-electron chi connectivity index (χ3n) is 1.26. The molecule has 0 aliphatic heterocycles. The summed E-state index contributed by atoms with van der Waals surface area (Å²) < 4.78 is 17.8. The van der Waals surface area contributed by atoms with Gasteiger partial charge in [0.2, 0.25) is 5.88 Å². The van der Waals surface area contributed by atoms with Gasteiger partial charge in [-0.1, -0.05) is 5.92 Å². The van der Waals surface area contributed by atoms with E-state index >= 15 is 0 Å². The molecule has 0 aromatic carbocycles. The van der Waals surface area contributed by atoms with Crippen LogP contribution in [0, 0.1) is 18.2 Å². The molecule has 1 aromatic rings. The van der Waals surface area contributed by atoms with Crippen LogP contribution in [0.3, 0.4) is 0 Å². The van der Waals surface area contributed by atoms with Crippen molar-refractivity contribution in [1.82, 2.24) is 4.98 Å². The van der Waals surface area contributed by atoms with Crippen LogP contribution < -0.4 is 4.74 Å². The fraction of sp³-hybridized carbons (Fsp3) is 0.222. The van der Waals surface area contributed by atoms with E-state index in [0.717, 1.165) is 0 Å². The molecule has 0 aliphatic rings. The van der Waals surface area contributed by atoms with Crippen LogP contribution in [0.1, 0.15) is 12.5 Å². The lowest BCUT2D eigenvalue weighted by molar-refractivity contribution is 0.307. The lowest BCUT2D eigenvalue weighted by Crippen LogP contribution is -1.97. The Hall–Kier alpha value is -1.56. The zero-order valence-electron chi connectivity index (χ0n) is 6.67. The molecule has 0 radical (unpaired) electrons. The summed E-state index contributed by atoms with van der Waals surface area (Å²) in [6.45, 7) is 2.15. The molecule has 12 heavy (non-hydrogen) atoms. The zero-order chi connectivity index (χ0) is 8.97. The Morgan fingerprint density at radius 2 is 2.50 bits per heavy atom. The lowest BCUT2D eigenvalue weighted by Gasteiger charge is -2.01. The third-order valence-corrected chi connectivity index (χ3v) is 1.26. The summed E-state index contributed by atoms with van der Waals surface area (Å²) in [5, 5.41) is 0. The third kappa shape index (κ3) is 1.73. The second-order valence-electron chi connectivity index (χ2n) is 2.09. The molecule has 1 rings (SSSR count). The molecule has 3 heteroatoms. The Morgan fingerprint density at radius 3 is 3.00 bits per heavy atom. The summed E-state index contributed by atoms with van der Waals surface area (Å²) >= 11 is 0. The zero-order valence-corrected chi connectivity index (χ0v) is 6.67. The fourth-order valence-electron chi connectivity index (χ4n) is 0.747. The van der Waals surface area contributed by atoms with Gasteiger partial charge in [-0.05, 0) is 13.0 Å². The Balaban J connectivity index is 2.97. The van der Waals surface area contributed by atoms with E-state index < -0.39 is 5.82 Å². The van der Waals surface area contributed by atoms with E-state index in [1.807, 2.05) is 0 Å². The molecule has 2 nitrogen and oxygen atoms in total. The van der Waals surface area contributed by atoms with E-state index in [2.05, 4.69) is 10.9 Å². The Labute approximate surface area is 70.4 Å². The number of pyridine rings is 1. The minimum Gasteiger partial charge on any atom is -0.476 e. The predicted octanol–water partition coefficient (Wildman–Crippen LogP) is 1.60. The van der Waals surface area contributed by atoms with Gasteiger partial charge in [-0.25, -0.2) is 9.37 Å². The van der Waals surface area contributed by atoms with Crippen molar-refractivity contribution in [1.29, 1.82) is 0 Å². The fourth-order valence-corrected chi connectivity index (χ4v) is 0.747. The molecule has 1 aromatic heterocycles. The van der Waals surface area contributed by atoms with E-state index in [1.54, 1.807) is 6.92 Å². The first-order valence-electron chi connectivity index (χ1n) is 3.53. The van der Waals surface area contributed by atoms with E-state index in [0.29, 0.717) is 12.2 Å². The Morgan fingerprint density at radius 1 is 1.75 bits per heavy atom. The van der Waals surface area contributed by atoms with Crippen molar-refractivity contribution in [2.75, 3.05) is 6.61 Å². The van der Waals surface area contributed by atoms with Gasteiger partial charge in [0.05, 0.1) is 6.61 Å². The molecule has 0 saturated heterocycles. The van der Waals surface area contributed by atoms with Crippen LogP contribution in [0.15, 0.2) is 12.3 Å². The second-order valence-corrected chi connectivity index (χ2v) is 2.09. The maximum atomic E-state index is 12.9. The molecule has 0 fully saturated rings. The van der Waals surface area contributed by atoms with Gasteiger partial charge >= 0.3 is 0 Å². The molecule has 0 bridgehead atoms. The van der Waals surface area contributed by atoms with Crippen LogP contribution in [0.2, 0.25) is 0 Å². The van der Waals surface area contributed by atoms with Crippen LogP contribution >= 0.6 is 0 Å². The summed E-state index contributed by atoms with van der Waals surface area (Å²) in [5.74, 6) is 1.75. The molecule has 0 spiro atoms. The maximum Gasteiger partial charge on any atom is 0.250 e. The van der Waals surface area contributed by atoms with E-state index in [9.17, 15) is 4.39 Å². The lowest BCUT2D eigenvalue weighted by atomic mass is 10.3. The predicted molar refractivity (Wildman–Crippen MR) is 43.3 cm³/mol. The van der Waals surface area contributed by atoms with Gasteiger partial charge in [0.15, 0.2) is 5.82 Å². The maximum absolute atomic E-state index is 12.9. The summed E-state index contributed by atoms with van der Waals surface area (Å²) in [6.07, 6.45) is 6.44. The number of aromatic nitrogens is 1. The second kappa shape index (κ2) is 3.72. The van der Waals surface area contributed by atoms with Gasteiger partial charge in [0.25, 0.3) is 0 Å². The van der Waals surface area contributed by atoms with E-state index in [1.165, 1.54) is 12.3 Å². The van der Waals surface area contributed by atoms with Crippen molar-refractivity contribution in [3.63, 3.8) is 0 Å². The molecule has 1 heterocycles. The molecule has 0 amide bonds. The quantitative estimate of drug-likeness (QED) is 0.621. The van der Waals surface area contributed by atoms with Crippen LogP contribution in [0.5, 0.6) is 5.88 Å². The van der Waals surface area contributed by atoms with Crippen molar-refractivity contribution in [2.45, 2.75) is 6.92 Å². The number of terminal acetylenes is 1. The van der Waals surface area contributed by atoms with Crippen LogP contribution in [0.4, 0.5) is 4.39 Å². The van der Waals surface area contributed by atoms with Crippen molar-refractivity contribution >= 4 is 0 Å². The normalized spacial score (nSPS) is 9.08. The Kier molecular flexibility index (Phi) is 2.65. The minimum atomic E-state index is -0.521. The number of rotatable bonds is 2. The summed E-state index contributed by atoms with van der Waals surface area (Å²) in [7, 11) is 0. The summed E-state index contributed by atoms with van der Waals surface area (Å²) in [6, 6.07) is 1.22. The first-order chi connectivity index (χ1) is 5.77. The minimum absolute atomic E-state index is 0.00324. The SMILES string of the molecule is C#Cc1cnc(OCC)c(F)c1. The van der Waals surface area contributed by atoms with Crippen molar-refractivity contribution in [2.24, 2.45) is 0 Å². The van der Waals surface area contributed by atoms with Gasteiger partial charge in [0.1, 0.15) is 0 Å². The molecule has 0 atom stereocenters. The first kappa shape index (κ1) is 8.54. The number of halogens is 1. The summed E-state index contributed by atoms with van der Waals surface area (Å²) in [4.78, 5) is 3.70. The average molecular weight is 165 g/mol. The first-order valence-corrected chi connectivity index (χ1v) is 3.53. The highest BCUT2D eigenvalue weighted by atomic mass is 19.1. The highest BCUT2D eigenvalue weighted by Crippen LogP contribution is 2.13. The van der Waals surface area contributed by atoms with Crippen LogP contribution in [-0.4, -0.2) is 11.6 Å². The van der Waals surface area contributed by atoms with E-state index in [4.69, 9.17) is 11.2 Å². The molecular weight excluding hydrogens is 157 g/mol. The molecule has 0 saturated carbocycles. The van der Waals surface area contributed by atoms with Crippen LogP contribution in [0.25, 0.3) is 0 Å². The monoisotopic (exact) mass is 165 g/mol. The molecule has 0 unspecified atom stereocenters. The molecule has 62 valence electrons. The smallest absolute Gasteiger partial charge is 0.250 e. The van der Waals surface area contributed by atoms with E-state index in [-0.39, 0.29) is 5.88 Å². The standard InChI is InChI=1S/C9H8FNO/c1-3-7-5-8(10)9(11-6-7)12-4-2/h1,5-6H,4H2,2H3. The van der Waals surface area contributed by atoms with Gasteiger partial charge in [-0.15, -0.1) is 6.42 Å². The van der Waals surface area contributed by atoms with Crippen molar-refractivity contribution in [3.8, 4) is 18.2 Å². The summed E-state index contributed by atoms with van der Waals surface area (Å²) in [5.41, 5.74) is 0.413.